The molecule has 0 aromatic rings. The summed E-state index contributed by atoms with van der Waals surface area (Å²) in [6.45, 7) is -0.326. The average molecular weight is 237 g/mol. The minimum Gasteiger partial charge on any atom is -0.547 e. The average Bonchev–Trinajstić information content (AvgIpc) is 2.39. The molecule has 0 radical (unpaired) electrons. The van der Waals surface area contributed by atoms with Crippen molar-refractivity contribution in [1.82, 2.24) is 4.90 Å². The summed E-state index contributed by atoms with van der Waals surface area (Å²) in [5, 5.41) is 19.3. The van der Waals surface area contributed by atoms with E-state index in [0.717, 1.165) is 4.90 Å². The maximum absolute atomic E-state index is 11.0. The molecular weight excluding hydrogens is 229 g/mol. The molecule has 0 spiro atoms. The fourth-order valence-electron chi connectivity index (χ4n) is 1.65. The van der Waals surface area contributed by atoms with Gasteiger partial charge in [-0.2, -0.15) is 0 Å². The second kappa shape index (κ2) is 4.94. The normalized spacial score (nSPS) is 30.3. The van der Waals surface area contributed by atoms with Gasteiger partial charge in [0.15, 0.2) is 6.23 Å². The molecule has 0 unspecified atom stereocenters. The van der Waals surface area contributed by atoms with Crippen molar-refractivity contribution in [1.29, 1.82) is 0 Å². The minimum absolute atomic E-state index is 0. The molecule has 0 saturated carbocycles. The van der Waals surface area contributed by atoms with Crippen LogP contribution in [0.4, 0.5) is 0 Å². The molecule has 76 valence electrons. The van der Waals surface area contributed by atoms with Gasteiger partial charge in [-0.15, -0.1) is 0 Å². The monoisotopic (exact) mass is 237 g/mol. The van der Waals surface area contributed by atoms with E-state index in [1.165, 1.54) is 6.08 Å². The fraction of sp³-hybridized carbons (Fsp3) is 0.500. The molecular formula is C8H8KNO5. The number of carboxylic acid groups (broad SMARTS) is 1. The van der Waals surface area contributed by atoms with Gasteiger partial charge >= 0.3 is 51.4 Å². The Kier molecular flexibility index (Phi) is 4.33. The van der Waals surface area contributed by atoms with E-state index in [1.54, 1.807) is 0 Å². The van der Waals surface area contributed by atoms with Crippen LogP contribution in [0.15, 0.2) is 11.8 Å². The number of β-lactam (4-membered cyclic amide) rings is 1. The molecule has 6 nitrogen and oxygen atoms in total. The Morgan fingerprint density at radius 1 is 1.73 bits per heavy atom. The van der Waals surface area contributed by atoms with Crippen LogP contribution in [0.3, 0.4) is 0 Å². The van der Waals surface area contributed by atoms with Crippen LogP contribution in [0.1, 0.15) is 6.42 Å². The van der Waals surface area contributed by atoms with Crippen LogP contribution in [0.25, 0.3) is 0 Å². The molecule has 1 N–H and O–H groups in total. The number of nitrogens with zero attached hydrogens (tertiary/aromatic N) is 1. The van der Waals surface area contributed by atoms with E-state index in [-0.39, 0.29) is 76.1 Å². The number of carboxylic acids is 1. The molecule has 0 aromatic heterocycles. The topological polar surface area (TPSA) is 89.9 Å². The third-order valence-corrected chi connectivity index (χ3v) is 2.28. The SMILES string of the molecule is O=C([O-])[C@@H]1/C(=C/CO)O[C@H]2CC(=O)N21.[K+]. The summed E-state index contributed by atoms with van der Waals surface area (Å²) < 4.78 is 5.13. The van der Waals surface area contributed by atoms with Gasteiger partial charge < -0.3 is 19.7 Å². The number of carbonyl (C=O) groups excluding carboxylic acids is 2. The first kappa shape index (κ1) is 13.1. The Morgan fingerprint density at radius 3 is 2.87 bits per heavy atom. The number of carbonyl (C=O) groups is 2. The molecule has 0 aliphatic carbocycles. The number of aliphatic hydroxyl groups is 1. The van der Waals surface area contributed by atoms with E-state index in [2.05, 4.69) is 0 Å². The zero-order valence-electron chi connectivity index (χ0n) is 8.17. The molecule has 2 aliphatic heterocycles. The fourth-order valence-corrected chi connectivity index (χ4v) is 1.65. The molecule has 2 rings (SSSR count). The van der Waals surface area contributed by atoms with Crippen LogP contribution in [0, 0.1) is 0 Å². The largest absolute Gasteiger partial charge is 1.00 e. The Hall–Kier alpha value is 0.0764. The number of aliphatic carboxylic acids is 1. The van der Waals surface area contributed by atoms with Gasteiger partial charge in [-0.1, -0.05) is 0 Å². The van der Waals surface area contributed by atoms with Crippen molar-refractivity contribution >= 4 is 11.9 Å². The summed E-state index contributed by atoms with van der Waals surface area (Å²) in [6, 6.07) is -1.17. The Balaban J connectivity index is 0.00000112. The molecule has 2 aliphatic rings. The van der Waals surface area contributed by atoms with E-state index >= 15 is 0 Å². The van der Waals surface area contributed by atoms with Crippen molar-refractivity contribution in [2.45, 2.75) is 18.7 Å². The van der Waals surface area contributed by atoms with Crippen molar-refractivity contribution in [2.75, 3.05) is 6.61 Å². The van der Waals surface area contributed by atoms with Gasteiger partial charge in [0.1, 0.15) is 11.8 Å². The van der Waals surface area contributed by atoms with Crippen molar-refractivity contribution < 1.29 is 75.9 Å². The molecule has 0 aromatic carbocycles. The van der Waals surface area contributed by atoms with E-state index < -0.39 is 18.2 Å². The van der Waals surface area contributed by atoms with Gasteiger partial charge in [-0.25, -0.2) is 0 Å². The zero-order valence-corrected chi connectivity index (χ0v) is 11.3. The van der Waals surface area contributed by atoms with Crippen LogP contribution < -0.4 is 56.5 Å². The van der Waals surface area contributed by atoms with Crippen molar-refractivity contribution in [3.8, 4) is 0 Å². The van der Waals surface area contributed by atoms with E-state index in [0.29, 0.717) is 0 Å². The summed E-state index contributed by atoms with van der Waals surface area (Å²) in [5.74, 6) is -1.57. The van der Waals surface area contributed by atoms with E-state index in [4.69, 9.17) is 9.84 Å². The number of amides is 1. The number of rotatable bonds is 2. The summed E-state index contributed by atoms with van der Waals surface area (Å²) in [4.78, 5) is 22.9. The van der Waals surface area contributed by atoms with Gasteiger partial charge in [-0.3, -0.25) is 9.69 Å². The maximum atomic E-state index is 11.0. The summed E-state index contributed by atoms with van der Waals surface area (Å²) in [6.07, 6.45) is 0.918. The second-order valence-corrected chi connectivity index (χ2v) is 3.09. The van der Waals surface area contributed by atoms with Crippen molar-refractivity contribution in [3.05, 3.63) is 11.8 Å². The molecule has 2 saturated heterocycles. The minimum atomic E-state index is -1.39. The van der Waals surface area contributed by atoms with Gasteiger partial charge in [-0.05, 0) is 6.08 Å². The van der Waals surface area contributed by atoms with Crippen LogP contribution in [0.2, 0.25) is 0 Å². The van der Waals surface area contributed by atoms with Crippen LogP contribution in [-0.2, 0) is 14.3 Å². The van der Waals surface area contributed by atoms with Crippen LogP contribution >= 0.6 is 0 Å². The number of aliphatic hydroxyl groups excluding tert-OH is 1. The summed E-state index contributed by atoms with van der Waals surface area (Å²) in [5.41, 5.74) is 0. The first-order valence-corrected chi connectivity index (χ1v) is 4.14. The van der Waals surface area contributed by atoms with Crippen molar-refractivity contribution in [2.24, 2.45) is 0 Å². The standard InChI is InChI=1S/C8H9NO5.K/c10-2-1-4-7(8(12)13)9-5(11)3-6(9)14-4;/h1,6-7,10H,2-3H2,(H,12,13);/q;+1/p-1/b4-1-;/t6-,7-;/m0./s1. The molecule has 2 atom stereocenters. The Morgan fingerprint density at radius 2 is 2.40 bits per heavy atom. The number of hydrogen-bond acceptors (Lipinski definition) is 5. The summed E-state index contributed by atoms with van der Waals surface area (Å²) >= 11 is 0. The van der Waals surface area contributed by atoms with Crippen LogP contribution in [-0.4, -0.2) is 40.8 Å². The molecule has 1 amide bonds. The predicted octanol–water partition coefficient (Wildman–Crippen LogP) is -5.43. The van der Waals surface area contributed by atoms with Gasteiger partial charge in [0, 0.05) is 0 Å². The molecule has 15 heavy (non-hydrogen) atoms. The van der Waals surface area contributed by atoms with E-state index in [1.807, 2.05) is 0 Å². The number of hydrogen-bond donors (Lipinski definition) is 1. The Labute approximate surface area is 128 Å². The van der Waals surface area contributed by atoms with Gasteiger partial charge in [0.2, 0.25) is 5.91 Å². The molecule has 0 bridgehead atoms. The van der Waals surface area contributed by atoms with E-state index in [9.17, 15) is 14.7 Å². The van der Waals surface area contributed by atoms with Gasteiger partial charge in [0.05, 0.1) is 19.0 Å². The van der Waals surface area contributed by atoms with Gasteiger partial charge in [0.25, 0.3) is 0 Å². The Bertz CT molecular complexity index is 329. The smallest absolute Gasteiger partial charge is 0.547 e. The number of fused-ring (bicyclic) bond motifs is 1. The van der Waals surface area contributed by atoms with Crippen molar-refractivity contribution in [3.63, 3.8) is 0 Å². The molecule has 2 heterocycles. The second-order valence-electron chi connectivity index (χ2n) is 3.09. The number of ether oxygens (including phenoxy) is 1. The first-order valence-electron chi connectivity index (χ1n) is 4.14. The molecule has 2 fully saturated rings. The van der Waals surface area contributed by atoms with Crippen LogP contribution in [0.5, 0.6) is 0 Å². The quantitative estimate of drug-likeness (QED) is 0.382. The third kappa shape index (κ3) is 2.13. The predicted molar refractivity (Wildman–Crippen MR) is 40.3 cm³/mol. The zero-order chi connectivity index (χ0) is 10.3. The third-order valence-electron chi connectivity index (χ3n) is 2.28. The maximum Gasteiger partial charge on any atom is 1.00 e. The molecule has 7 heteroatoms. The summed E-state index contributed by atoms with van der Waals surface area (Å²) in [7, 11) is 0. The first-order chi connectivity index (χ1) is 6.65.